The zero-order valence-corrected chi connectivity index (χ0v) is 11.6. The maximum absolute atomic E-state index is 12.7. The second-order valence-electron chi connectivity index (χ2n) is 5.40. The van der Waals surface area contributed by atoms with Crippen LogP contribution in [0.5, 0.6) is 0 Å². The van der Waals surface area contributed by atoms with Gasteiger partial charge in [0.05, 0.1) is 17.4 Å². The molecule has 0 unspecified atom stereocenters. The van der Waals surface area contributed by atoms with Crippen molar-refractivity contribution in [2.24, 2.45) is 0 Å². The summed E-state index contributed by atoms with van der Waals surface area (Å²) in [6.45, 7) is -0.246. The molecule has 1 heterocycles. The largest absolute Gasteiger partial charge is 0.480 e. The highest BCUT2D eigenvalue weighted by Gasteiger charge is 2.29. The predicted molar refractivity (Wildman–Crippen MR) is 77.0 cm³/mol. The van der Waals surface area contributed by atoms with Crippen LogP contribution in [-0.2, 0) is 4.79 Å². The summed E-state index contributed by atoms with van der Waals surface area (Å²) < 4.78 is 0. The van der Waals surface area contributed by atoms with Crippen molar-refractivity contribution >= 4 is 22.9 Å². The highest BCUT2D eigenvalue weighted by molar-refractivity contribution is 5.98. The Bertz CT molecular complexity index is 674. The molecule has 3 rings (SSSR count). The molecule has 110 valence electrons. The molecule has 0 radical (unpaired) electrons. The molecule has 0 aliphatic heterocycles. The minimum absolute atomic E-state index is 0.0334. The van der Waals surface area contributed by atoms with E-state index in [1.807, 2.05) is 0 Å². The number of carbonyl (C=O) groups excluding carboxylic acids is 1. The SMILES string of the molecule is O=C(O)CN(C(=O)c1ccc2nc[nH]c2c1)C1CCCC1. The van der Waals surface area contributed by atoms with Gasteiger partial charge in [0.25, 0.3) is 5.91 Å². The van der Waals surface area contributed by atoms with E-state index >= 15 is 0 Å². The predicted octanol–water partition coefficient (Wildman–Crippen LogP) is 2.03. The molecule has 6 heteroatoms. The molecule has 0 saturated heterocycles. The number of nitrogens with zero attached hydrogens (tertiary/aromatic N) is 2. The molecule has 1 fully saturated rings. The number of imidazole rings is 1. The van der Waals surface area contributed by atoms with Crippen LogP contribution in [0.25, 0.3) is 11.0 Å². The van der Waals surface area contributed by atoms with Crippen molar-refractivity contribution in [3.63, 3.8) is 0 Å². The van der Waals surface area contributed by atoms with Gasteiger partial charge in [-0.3, -0.25) is 9.59 Å². The van der Waals surface area contributed by atoms with Crippen LogP contribution in [0.3, 0.4) is 0 Å². The zero-order valence-electron chi connectivity index (χ0n) is 11.6. The maximum Gasteiger partial charge on any atom is 0.323 e. The van der Waals surface area contributed by atoms with E-state index in [-0.39, 0.29) is 18.5 Å². The van der Waals surface area contributed by atoms with Crippen molar-refractivity contribution < 1.29 is 14.7 Å². The molecule has 1 aliphatic rings. The van der Waals surface area contributed by atoms with Crippen molar-refractivity contribution in [2.75, 3.05) is 6.54 Å². The van der Waals surface area contributed by atoms with E-state index in [9.17, 15) is 9.59 Å². The fraction of sp³-hybridized carbons (Fsp3) is 0.400. The van der Waals surface area contributed by atoms with Gasteiger partial charge in [0.2, 0.25) is 0 Å². The number of H-pyrrole nitrogens is 1. The summed E-state index contributed by atoms with van der Waals surface area (Å²) in [6.07, 6.45) is 5.43. The Morgan fingerprint density at radius 2 is 2.10 bits per heavy atom. The third-order valence-corrected chi connectivity index (χ3v) is 4.00. The molecule has 0 spiro atoms. The molecule has 0 atom stereocenters. The Kier molecular flexibility index (Phi) is 3.60. The normalized spacial score (nSPS) is 15.4. The summed E-state index contributed by atoms with van der Waals surface area (Å²) >= 11 is 0. The molecule has 1 aromatic heterocycles. The minimum atomic E-state index is -0.974. The van der Waals surface area contributed by atoms with Gasteiger partial charge >= 0.3 is 5.97 Å². The summed E-state index contributed by atoms with van der Waals surface area (Å²) in [5, 5.41) is 9.07. The summed E-state index contributed by atoms with van der Waals surface area (Å²) in [7, 11) is 0. The molecule has 1 amide bonds. The first-order chi connectivity index (χ1) is 10.1. The number of nitrogens with one attached hydrogen (secondary N) is 1. The van der Waals surface area contributed by atoms with Crippen LogP contribution in [0.1, 0.15) is 36.0 Å². The van der Waals surface area contributed by atoms with Gasteiger partial charge in [-0.2, -0.15) is 0 Å². The Labute approximate surface area is 121 Å². The summed E-state index contributed by atoms with van der Waals surface area (Å²) in [6, 6.07) is 5.24. The monoisotopic (exact) mass is 287 g/mol. The van der Waals surface area contributed by atoms with Crippen molar-refractivity contribution in [3.05, 3.63) is 30.1 Å². The third kappa shape index (κ3) is 2.74. The second kappa shape index (κ2) is 5.55. The number of rotatable bonds is 4. The van der Waals surface area contributed by atoms with E-state index in [4.69, 9.17) is 5.11 Å². The Morgan fingerprint density at radius 1 is 1.33 bits per heavy atom. The lowest BCUT2D eigenvalue weighted by atomic mass is 10.1. The molecule has 1 saturated carbocycles. The van der Waals surface area contributed by atoms with Crippen LogP contribution in [0.2, 0.25) is 0 Å². The summed E-state index contributed by atoms with van der Waals surface area (Å²) in [5.74, 6) is -1.20. The summed E-state index contributed by atoms with van der Waals surface area (Å²) in [5.41, 5.74) is 2.07. The van der Waals surface area contributed by atoms with Crippen molar-refractivity contribution in [1.29, 1.82) is 0 Å². The third-order valence-electron chi connectivity index (χ3n) is 4.00. The number of fused-ring (bicyclic) bond motifs is 1. The van der Waals surface area contributed by atoms with E-state index < -0.39 is 5.97 Å². The second-order valence-corrected chi connectivity index (χ2v) is 5.40. The van der Waals surface area contributed by atoms with Crippen LogP contribution in [0.15, 0.2) is 24.5 Å². The average molecular weight is 287 g/mol. The first-order valence-corrected chi connectivity index (χ1v) is 7.11. The number of benzene rings is 1. The fourth-order valence-corrected chi connectivity index (χ4v) is 2.96. The highest BCUT2D eigenvalue weighted by Crippen LogP contribution is 2.25. The van der Waals surface area contributed by atoms with E-state index in [1.54, 1.807) is 24.5 Å². The molecule has 2 aromatic rings. The quantitative estimate of drug-likeness (QED) is 0.901. The molecule has 6 nitrogen and oxygen atoms in total. The number of amides is 1. The van der Waals surface area contributed by atoms with Crippen molar-refractivity contribution in [3.8, 4) is 0 Å². The lowest BCUT2D eigenvalue weighted by molar-refractivity contribution is -0.138. The Hall–Kier alpha value is -2.37. The zero-order chi connectivity index (χ0) is 14.8. The van der Waals surface area contributed by atoms with Gasteiger partial charge in [0.15, 0.2) is 0 Å². The fourth-order valence-electron chi connectivity index (χ4n) is 2.96. The number of aliphatic carboxylic acids is 1. The standard InChI is InChI=1S/C15H17N3O3/c19-14(20)8-18(11-3-1-2-4-11)15(21)10-5-6-12-13(7-10)17-9-16-12/h5-7,9,11H,1-4,8H2,(H,16,17)(H,19,20). The van der Waals surface area contributed by atoms with Gasteiger partial charge in [0.1, 0.15) is 6.54 Å². The average Bonchev–Trinajstić information content (AvgIpc) is 3.13. The number of carboxylic acid groups (broad SMARTS) is 1. The first kappa shape index (κ1) is 13.6. The topological polar surface area (TPSA) is 86.3 Å². The lowest BCUT2D eigenvalue weighted by Crippen LogP contribution is -2.42. The van der Waals surface area contributed by atoms with E-state index in [1.165, 1.54) is 4.90 Å². The molecule has 2 N–H and O–H groups in total. The van der Waals surface area contributed by atoms with E-state index in [0.29, 0.717) is 5.56 Å². The van der Waals surface area contributed by atoms with Crippen LogP contribution >= 0.6 is 0 Å². The molecular formula is C15H17N3O3. The Balaban J connectivity index is 1.89. The van der Waals surface area contributed by atoms with E-state index in [0.717, 1.165) is 36.7 Å². The van der Waals surface area contributed by atoms with Crippen LogP contribution in [0.4, 0.5) is 0 Å². The molecule has 21 heavy (non-hydrogen) atoms. The van der Waals surface area contributed by atoms with Gasteiger partial charge in [0, 0.05) is 11.6 Å². The number of carbonyl (C=O) groups is 2. The van der Waals surface area contributed by atoms with E-state index in [2.05, 4.69) is 9.97 Å². The van der Waals surface area contributed by atoms with Crippen LogP contribution < -0.4 is 0 Å². The number of hydrogen-bond acceptors (Lipinski definition) is 3. The first-order valence-electron chi connectivity index (χ1n) is 7.11. The number of aromatic nitrogens is 2. The summed E-state index contributed by atoms with van der Waals surface area (Å²) in [4.78, 5) is 32.3. The van der Waals surface area contributed by atoms with Gasteiger partial charge < -0.3 is 15.0 Å². The highest BCUT2D eigenvalue weighted by atomic mass is 16.4. The van der Waals surface area contributed by atoms with Gasteiger partial charge in [-0.25, -0.2) is 4.98 Å². The number of aromatic amines is 1. The van der Waals surface area contributed by atoms with Gasteiger partial charge in [-0.05, 0) is 31.0 Å². The smallest absolute Gasteiger partial charge is 0.323 e. The van der Waals surface area contributed by atoms with Crippen LogP contribution in [0, 0.1) is 0 Å². The number of hydrogen-bond donors (Lipinski definition) is 2. The molecular weight excluding hydrogens is 270 g/mol. The van der Waals surface area contributed by atoms with Crippen LogP contribution in [-0.4, -0.2) is 44.4 Å². The molecule has 1 aliphatic carbocycles. The van der Waals surface area contributed by atoms with Gasteiger partial charge in [-0.1, -0.05) is 12.8 Å². The molecule has 1 aromatic carbocycles. The van der Waals surface area contributed by atoms with Crippen molar-refractivity contribution in [1.82, 2.24) is 14.9 Å². The maximum atomic E-state index is 12.7. The lowest BCUT2D eigenvalue weighted by Gasteiger charge is -2.27. The molecule has 0 bridgehead atoms. The Morgan fingerprint density at radius 3 is 2.81 bits per heavy atom. The van der Waals surface area contributed by atoms with Gasteiger partial charge in [-0.15, -0.1) is 0 Å². The van der Waals surface area contributed by atoms with Crippen molar-refractivity contribution in [2.45, 2.75) is 31.7 Å². The minimum Gasteiger partial charge on any atom is -0.480 e. The number of carboxylic acids is 1.